The number of ether oxygens (including phenoxy) is 2. The molecule has 1 saturated carbocycles. The van der Waals surface area contributed by atoms with Crippen molar-refractivity contribution >= 4 is 5.78 Å². The highest BCUT2D eigenvalue weighted by atomic mass is 19.1. The highest BCUT2D eigenvalue weighted by Gasteiger charge is 2.44. The number of carbonyl (C=O) groups is 1. The molecule has 2 fully saturated rings. The second-order valence-electron chi connectivity index (χ2n) is 9.92. The first-order chi connectivity index (χ1) is 18.1. The number of hydrogen-bond donors (Lipinski definition) is 0. The van der Waals surface area contributed by atoms with Gasteiger partial charge in [-0.05, 0) is 86.9 Å². The van der Waals surface area contributed by atoms with Crippen LogP contribution in [-0.2, 0) is 6.54 Å². The Morgan fingerprint density at radius 1 is 1.00 bits per heavy atom. The first-order valence-electron chi connectivity index (χ1n) is 13.3. The third-order valence-electron chi connectivity index (χ3n) is 7.73. The zero-order valence-electron chi connectivity index (χ0n) is 21.5. The number of fused-ring (bicyclic) bond motifs is 1. The Kier molecular flexibility index (Phi) is 7.79. The Bertz CT molecular complexity index is 1190. The Morgan fingerprint density at radius 3 is 2.32 bits per heavy atom. The minimum Gasteiger partial charge on any atom is -0.493 e. The Labute approximate surface area is 217 Å². The van der Waals surface area contributed by atoms with Crippen LogP contribution in [-0.4, -0.2) is 46.5 Å². The van der Waals surface area contributed by atoms with E-state index in [1.165, 1.54) is 18.5 Å². The zero-order chi connectivity index (χ0) is 25.8. The van der Waals surface area contributed by atoms with Crippen molar-refractivity contribution in [3.8, 4) is 22.6 Å². The lowest BCUT2D eigenvalue weighted by atomic mass is 9.88. The first kappa shape index (κ1) is 25.3. The summed E-state index contributed by atoms with van der Waals surface area (Å²) < 4.78 is 25.7. The molecule has 2 aliphatic rings. The SMILES string of the molecule is CCOc1cc(CN2CC[C@H]3C(CC(=O)c4cncnc4)CC[C@H]32)cc(OCC)c1-c1ccc(F)cc1. The number of benzene rings is 2. The van der Waals surface area contributed by atoms with Crippen LogP contribution >= 0.6 is 0 Å². The lowest BCUT2D eigenvalue weighted by Crippen LogP contribution is -2.30. The van der Waals surface area contributed by atoms with Gasteiger partial charge in [-0.2, -0.15) is 0 Å². The van der Waals surface area contributed by atoms with E-state index < -0.39 is 0 Å². The number of hydrogen-bond acceptors (Lipinski definition) is 6. The van der Waals surface area contributed by atoms with Gasteiger partial charge in [0.05, 0.1) is 24.3 Å². The van der Waals surface area contributed by atoms with Crippen LogP contribution in [0, 0.1) is 17.7 Å². The maximum atomic E-state index is 13.6. The number of ketones is 1. The molecule has 0 spiro atoms. The van der Waals surface area contributed by atoms with Crippen molar-refractivity contribution in [3.05, 3.63) is 72.1 Å². The Hall–Kier alpha value is -3.32. The average molecular weight is 504 g/mol. The molecule has 5 rings (SSSR count). The predicted molar refractivity (Wildman–Crippen MR) is 140 cm³/mol. The van der Waals surface area contributed by atoms with Gasteiger partial charge in [0.15, 0.2) is 5.78 Å². The van der Waals surface area contributed by atoms with Crippen molar-refractivity contribution in [1.82, 2.24) is 14.9 Å². The van der Waals surface area contributed by atoms with Crippen molar-refractivity contribution in [1.29, 1.82) is 0 Å². The lowest BCUT2D eigenvalue weighted by Gasteiger charge is -2.25. The van der Waals surface area contributed by atoms with E-state index in [1.54, 1.807) is 24.5 Å². The van der Waals surface area contributed by atoms with Crippen LogP contribution < -0.4 is 9.47 Å². The number of carbonyl (C=O) groups excluding carboxylic acids is 1. The van der Waals surface area contributed by atoms with Gasteiger partial charge in [-0.1, -0.05) is 12.1 Å². The third-order valence-corrected chi connectivity index (χ3v) is 7.73. The van der Waals surface area contributed by atoms with Crippen molar-refractivity contribution in [3.63, 3.8) is 0 Å². The molecule has 0 N–H and O–H groups in total. The van der Waals surface area contributed by atoms with Gasteiger partial charge < -0.3 is 9.47 Å². The van der Waals surface area contributed by atoms with Crippen LogP contribution in [0.25, 0.3) is 11.1 Å². The number of nitrogens with zero attached hydrogens (tertiary/aromatic N) is 3. The minimum absolute atomic E-state index is 0.142. The molecule has 37 heavy (non-hydrogen) atoms. The van der Waals surface area contributed by atoms with Crippen LogP contribution in [0.5, 0.6) is 11.5 Å². The smallest absolute Gasteiger partial charge is 0.166 e. The molecule has 1 aliphatic heterocycles. The number of aromatic nitrogens is 2. The fourth-order valence-corrected chi connectivity index (χ4v) is 6.15. The van der Waals surface area contributed by atoms with Crippen molar-refractivity contribution in [2.75, 3.05) is 19.8 Å². The number of Topliss-reactive ketones (excluding diaryl/α,β-unsaturated/α-hetero) is 1. The molecule has 194 valence electrons. The predicted octanol–water partition coefficient (Wildman–Crippen LogP) is 5.95. The van der Waals surface area contributed by atoms with E-state index in [2.05, 4.69) is 27.0 Å². The van der Waals surface area contributed by atoms with E-state index in [9.17, 15) is 9.18 Å². The van der Waals surface area contributed by atoms with Gasteiger partial charge in [-0.3, -0.25) is 9.69 Å². The summed E-state index contributed by atoms with van der Waals surface area (Å²) in [6.45, 7) is 6.81. The molecule has 1 aliphatic carbocycles. The fraction of sp³-hybridized carbons (Fsp3) is 0.433. The van der Waals surface area contributed by atoms with Gasteiger partial charge in [0.25, 0.3) is 0 Å². The van der Waals surface area contributed by atoms with Crippen LogP contribution in [0.1, 0.15) is 55.5 Å². The maximum Gasteiger partial charge on any atom is 0.166 e. The van der Waals surface area contributed by atoms with E-state index in [-0.39, 0.29) is 11.6 Å². The number of rotatable bonds is 10. The van der Waals surface area contributed by atoms with Gasteiger partial charge in [0.1, 0.15) is 23.6 Å². The highest BCUT2D eigenvalue weighted by molar-refractivity contribution is 5.95. The van der Waals surface area contributed by atoms with Crippen molar-refractivity contribution in [2.24, 2.45) is 11.8 Å². The standard InChI is InChI=1S/C30H34FN3O3/c1-3-36-28-13-20(14-29(37-4-2)30(28)21-5-8-24(31)9-6-21)18-34-12-11-25-22(7-10-26(25)34)15-27(35)23-16-32-19-33-17-23/h5-6,8-9,13-14,16-17,19,22,25-26H,3-4,7,10-12,15,18H2,1-2H3/t22?,25-,26+/m0/s1. The molecule has 3 aromatic rings. The largest absolute Gasteiger partial charge is 0.493 e. The second-order valence-corrected chi connectivity index (χ2v) is 9.92. The molecule has 0 amide bonds. The van der Waals surface area contributed by atoms with Gasteiger partial charge in [0, 0.05) is 31.4 Å². The Balaban J connectivity index is 1.34. The molecule has 1 unspecified atom stereocenters. The quantitative estimate of drug-likeness (QED) is 0.319. The average Bonchev–Trinajstić information content (AvgIpc) is 3.49. The molecule has 2 heterocycles. The normalized spacial score (nSPS) is 21.1. The van der Waals surface area contributed by atoms with Crippen LogP contribution in [0.4, 0.5) is 4.39 Å². The van der Waals surface area contributed by atoms with Crippen LogP contribution in [0.2, 0.25) is 0 Å². The zero-order valence-corrected chi connectivity index (χ0v) is 21.5. The van der Waals surface area contributed by atoms with Gasteiger partial charge in [-0.25, -0.2) is 14.4 Å². The van der Waals surface area contributed by atoms with E-state index in [1.807, 2.05) is 13.8 Å². The summed E-state index contributed by atoms with van der Waals surface area (Å²) in [4.78, 5) is 23.3. The topological polar surface area (TPSA) is 64.5 Å². The van der Waals surface area contributed by atoms with Crippen molar-refractivity contribution < 1.29 is 18.7 Å². The summed E-state index contributed by atoms with van der Waals surface area (Å²) in [5.41, 5.74) is 3.47. The summed E-state index contributed by atoms with van der Waals surface area (Å²) in [7, 11) is 0. The molecule has 2 aromatic carbocycles. The summed E-state index contributed by atoms with van der Waals surface area (Å²) in [6.07, 6.45) is 8.54. The molecular weight excluding hydrogens is 469 g/mol. The Morgan fingerprint density at radius 2 is 1.68 bits per heavy atom. The molecule has 6 nitrogen and oxygen atoms in total. The first-order valence-corrected chi connectivity index (χ1v) is 13.3. The van der Waals surface area contributed by atoms with E-state index >= 15 is 0 Å². The van der Waals surface area contributed by atoms with Gasteiger partial charge in [0.2, 0.25) is 0 Å². The molecule has 1 aromatic heterocycles. The monoisotopic (exact) mass is 503 g/mol. The van der Waals surface area contributed by atoms with Crippen molar-refractivity contribution in [2.45, 2.75) is 52.1 Å². The summed E-state index contributed by atoms with van der Waals surface area (Å²) in [5, 5.41) is 0. The maximum absolute atomic E-state index is 13.6. The summed E-state index contributed by atoms with van der Waals surface area (Å²) >= 11 is 0. The molecule has 7 heteroatoms. The number of halogens is 1. The number of likely N-dealkylation sites (tertiary alicyclic amines) is 1. The van der Waals surface area contributed by atoms with Crippen LogP contribution in [0.15, 0.2) is 55.1 Å². The van der Waals surface area contributed by atoms with E-state index in [0.717, 1.165) is 60.5 Å². The fourth-order valence-electron chi connectivity index (χ4n) is 6.15. The summed E-state index contributed by atoms with van der Waals surface area (Å²) in [6, 6.07) is 11.1. The third kappa shape index (κ3) is 5.52. The highest BCUT2D eigenvalue weighted by Crippen LogP contribution is 2.46. The molecule has 0 bridgehead atoms. The molecule has 0 radical (unpaired) electrons. The second kappa shape index (κ2) is 11.4. The van der Waals surface area contributed by atoms with Crippen LogP contribution in [0.3, 0.4) is 0 Å². The molecule has 1 saturated heterocycles. The lowest BCUT2D eigenvalue weighted by molar-refractivity contribution is 0.0948. The van der Waals surface area contributed by atoms with E-state index in [0.29, 0.717) is 43.1 Å². The molecular formula is C30H34FN3O3. The summed E-state index contributed by atoms with van der Waals surface area (Å²) in [5.74, 6) is 2.32. The van der Waals surface area contributed by atoms with E-state index in [4.69, 9.17) is 9.47 Å². The van der Waals surface area contributed by atoms with Gasteiger partial charge >= 0.3 is 0 Å². The van der Waals surface area contributed by atoms with Gasteiger partial charge in [-0.15, -0.1) is 0 Å². The molecule has 3 atom stereocenters. The minimum atomic E-state index is -0.270.